The Morgan fingerprint density at radius 2 is 2.10 bits per heavy atom. The molecule has 2 heterocycles. The number of hydrogen-bond acceptors (Lipinski definition) is 3. The lowest BCUT2D eigenvalue weighted by molar-refractivity contribution is -0.131. The normalized spacial score (nSPS) is 11.2. The van der Waals surface area contributed by atoms with Gasteiger partial charge in [0.05, 0.1) is 5.52 Å². The van der Waals surface area contributed by atoms with Gasteiger partial charge in [0.15, 0.2) is 0 Å². The smallest absolute Gasteiger partial charge is 0.328 e. The maximum atomic E-state index is 10.5. The van der Waals surface area contributed by atoms with Crippen LogP contribution in [0.4, 0.5) is 0 Å². The molecule has 4 heteroatoms. The summed E-state index contributed by atoms with van der Waals surface area (Å²) < 4.78 is 0. The van der Waals surface area contributed by atoms with Crippen LogP contribution in [0.3, 0.4) is 0 Å². The highest BCUT2D eigenvalue weighted by atomic mass is 32.1. The Balaban J connectivity index is 1.96. The largest absolute Gasteiger partial charge is 0.478 e. The highest BCUT2D eigenvalue weighted by molar-refractivity contribution is 7.16. The van der Waals surface area contributed by atoms with E-state index in [2.05, 4.69) is 11.1 Å². The van der Waals surface area contributed by atoms with Gasteiger partial charge in [-0.05, 0) is 42.0 Å². The summed E-state index contributed by atoms with van der Waals surface area (Å²) in [6.07, 6.45) is 4.54. The molecule has 0 fully saturated rings. The van der Waals surface area contributed by atoms with E-state index in [-0.39, 0.29) is 0 Å². The second-order valence-corrected chi connectivity index (χ2v) is 5.40. The molecule has 3 rings (SSSR count). The Morgan fingerprint density at radius 1 is 1.20 bits per heavy atom. The van der Waals surface area contributed by atoms with Gasteiger partial charge in [0.2, 0.25) is 0 Å². The molecule has 1 N–H and O–H groups in total. The van der Waals surface area contributed by atoms with Crippen molar-refractivity contribution < 1.29 is 9.90 Å². The van der Waals surface area contributed by atoms with Crippen LogP contribution < -0.4 is 0 Å². The zero-order valence-electron chi connectivity index (χ0n) is 10.5. The van der Waals surface area contributed by atoms with Crippen molar-refractivity contribution in [2.45, 2.75) is 0 Å². The number of thiophene rings is 1. The van der Waals surface area contributed by atoms with E-state index < -0.39 is 5.97 Å². The van der Waals surface area contributed by atoms with E-state index in [0.29, 0.717) is 0 Å². The second kappa shape index (κ2) is 5.27. The van der Waals surface area contributed by atoms with E-state index in [1.165, 1.54) is 0 Å². The molecular formula is C16H11NO2S. The Hall–Kier alpha value is -2.46. The zero-order valence-corrected chi connectivity index (χ0v) is 11.3. The highest BCUT2D eigenvalue weighted by Gasteiger charge is 2.03. The van der Waals surface area contributed by atoms with E-state index in [1.807, 2.05) is 36.4 Å². The minimum atomic E-state index is -0.934. The first-order valence-electron chi connectivity index (χ1n) is 6.08. The van der Waals surface area contributed by atoms with Crippen molar-refractivity contribution in [2.75, 3.05) is 0 Å². The molecule has 0 saturated heterocycles. The van der Waals surface area contributed by atoms with Crippen molar-refractivity contribution in [1.82, 2.24) is 4.98 Å². The number of pyridine rings is 1. The van der Waals surface area contributed by atoms with Crippen LogP contribution in [0.25, 0.3) is 27.4 Å². The lowest BCUT2D eigenvalue weighted by atomic mass is 10.1. The van der Waals surface area contributed by atoms with E-state index >= 15 is 0 Å². The lowest BCUT2D eigenvalue weighted by Gasteiger charge is -2.00. The average molecular weight is 281 g/mol. The first-order valence-corrected chi connectivity index (χ1v) is 6.90. The summed E-state index contributed by atoms with van der Waals surface area (Å²) in [5.41, 5.74) is 2.09. The third kappa shape index (κ3) is 2.60. The number of benzene rings is 1. The Kier molecular flexibility index (Phi) is 3.31. The van der Waals surface area contributed by atoms with Crippen molar-refractivity contribution in [1.29, 1.82) is 0 Å². The number of fused-ring (bicyclic) bond motifs is 1. The van der Waals surface area contributed by atoms with Crippen LogP contribution in [0.1, 0.15) is 4.88 Å². The van der Waals surface area contributed by atoms with Crippen molar-refractivity contribution >= 4 is 34.3 Å². The fourth-order valence-electron chi connectivity index (χ4n) is 1.98. The third-order valence-corrected chi connectivity index (χ3v) is 4.00. The van der Waals surface area contributed by atoms with Gasteiger partial charge >= 0.3 is 5.97 Å². The van der Waals surface area contributed by atoms with Crippen molar-refractivity contribution in [3.05, 3.63) is 59.6 Å². The van der Waals surface area contributed by atoms with Gasteiger partial charge in [0, 0.05) is 27.4 Å². The predicted octanol–water partition coefficient (Wildman–Crippen LogP) is 4.06. The summed E-state index contributed by atoms with van der Waals surface area (Å²) >= 11 is 1.57. The Labute approximate surface area is 119 Å². The first kappa shape index (κ1) is 12.6. The molecule has 0 bridgehead atoms. The van der Waals surface area contributed by atoms with Crippen molar-refractivity contribution in [3.8, 4) is 10.4 Å². The molecule has 1 aromatic carbocycles. The van der Waals surface area contributed by atoms with Crippen LogP contribution in [0, 0.1) is 0 Å². The quantitative estimate of drug-likeness (QED) is 0.736. The van der Waals surface area contributed by atoms with E-state index in [4.69, 9.17) is 5.11 Å². The molecule has 0 aliphatic carbocycles. The minimum absolute atomic E-state index is 0.925. The molecule has 20 heavy (non-hydrogen) atoms. The SMILES string of the molecule is O=C(O)C=Cc1ccc(-c2ccc3ncccc3c2)s1. The number of carboxylic acid groups (broad SMARTS) is 1. The van der Waals surface area contributed by atoms with Gasteiger partial charge in [-0.2, -0.15) is 0 Å². The summed E-state index contributed by atoms with van der Waals surface area (Å²) in [6.45, 7) is 0. The molecule has 98 valence electrons. The van der Waals surface area contributed by atoms with E-state index in [0.717, 1.165) is 32.3 Å². The number of rotatable bonds is 3. The molecule has 0 radical (unpaired) electrons. The maximum absolute atomic E-state index is 10.5. The van der Waals surface area contributed by atoms with Crippen LogP contribution in [0.5, 0.6) is 0 Å². The van der Waals surface area contributed by atoms with Gasteiger partial charge in [-0.3, -0.25) is 4.98 Å². The fourth-order valence-corrected chi connectivity index (χ4v) is 2.89. The average Bonchev–Trinajstić information content (AvgIpc) is 2.93. The Bertz CT molecular complexity index is 805. The summed E-state index contributed by atoms with van der Waals surface area (Å²) in [5.74, 6) is -0.934. The predicted molar refractivity (Wildman–Crippen MR) is 81.7 cm³/mol. The van der Waals surface area contributed by atoms with Crippen LogP contribution in [-0.4, -0.2) is 16.1 Å². The summed E-state index contributed by atoms with van der Waals surface area (Å²) in [7, 11) is 0. The summed E-state index contributed by atoms with van der Waals surface area (Å²) in [6, 6.07) is 14.0. The molecule has 0 atom stereocenters. The molecule has 0 spiro atoms. The number of aromatic nitrogens is 1. The van der Waals surface area contributed by atoms with Crippen LogP contribution in [0.15, 0.2) is 54.7 Å². The van der Waals surface area contributed by atoms with Crippen LogP contribution in [-0.2, 0) is 4.79 Å². The fraction of sp³-hybridized carbons (Fsp3) is 0. The minimum Gasteiger partial charge on any atom is -0.478 e. The van der Waals surface area contributed by atoms with Gasteiger partial charge in [-0.1, -0.05) is 12.1 Å². The topological polar surface area (TPSA) is 50.2 Å². The molecule has 0 saturated carbocycles. The lowest BCUT2D eigenvalue weighted by Crippen LogP contribution is -1.84. The molecule has 0 aliphatic heterocycles. The van der Waals surface area contributed by atoms with Crippen molar-refractivity contribution in [3.63, 3.8) is 0 Å². The standard InChI is InChI=1S/C16H11NO2S/c18-16(19)8-5-13-4-7-15(20-13)12-3-6-14-11(10-12)2-1-9-17-14/h1-10H,(H,18,19). The van der Waals surface area contributed by atoms with E-state index in [1.54, 1.807) is 23.6 Å². The Morgan fingerprint density at radius 3 is 2.95 bits per heavy atom. The molecule has 2 aromatic heterocycles. The van der Waals surface area contributed by atoms with Crippen molar-refractivity contribution in [2.24, 2.45) is 0 Å². The second-order valence-electron chi connectivity index (χ2n) is 4.28. The molecule has 0 amide bonds. The number of carbonyl (C=O) groups is 1. The summed E-state index contributed by atoms with van der Waals surface area (Å²) in [5, 5.41) is 9.73. The van der Waals surface area contributed by atoms with Gasteiger partial charge in [0.1, 0.15) is 0 Å². The molecular weight excluding hydrogens is 270 g/mol. The highest BCUT2D eigenvalue weighted by Crippen LogP contribution is 2.30. The van der Waals surface area contributed by atoms with Crippen LogP contribution >= 0.6 is 11.3 Å². The molecule has 3 nitrogen and oxygen atoms in total. The van der Waals surface area contributed by atoms with Gasteiger partial charge in [0.25, 0.3) is 0 Å². The molecule has 0 unspecified atom stereocenters. The number of carboxylic acids is 1. The zero-order chi connectivity index (χ0) is 13.9. The van der Waals surface area contributed by atoms with Crippen LogP contribution in [0.2, 0.25) is 0 Å². The monoisotopic (exact) mass is 281 g/mol. The van der Waals surface area contributed by atoms with E-state index in [9.17, 15) is 4.79 Å². The maximum Gasteiger partial charge on any atom is 0.328 e. The number of hydrogen-bond donors (Lipinski definition) is 1. The number of aliphatic carboxylic acids is 1. The summed E-state index contributed by atoms with van der Waals surface area (Å²) in [4.78, 5) is 16.8. The third-order valence-electron chi connectivity index (χ3n) is 2.90. The van der Waals surface area contributed by atoms with Gasteiger partial charge in [-0.15, -0.1) is 11.3 Å². The van der Waals surface area contributed by atoms with Gasteiger partial charge < -0.3 is 5.11 Å². The molecule has 0 aliphatic rings. The first-order chi connectivity index (χ1) is 9.72. The number of nitrogens with zero attached hydrogens (tertiary/aromatic N) is 1. The van der Waals surface area contributed by atoms with Gasteiger partial charge in [-0.25, -0.2) is 4.79 Å². The molecule has 3 aromatic rings.